The first kappa shape index (κ1) is 14.2. The molecule has 7 heteroatoms. The van der Waals surface area contributed by atoms with Crippen molar-refractivity contribution < 1.29 is 18.1 Å². The monoisotopic (exact) mass is 270 g/mol. The van der Waals surface area contributed by atoms with E-state index >= 15 is 0 Å². The van der Waals surface area contributed by atoms with Crippen LogP contribution in [0.2, 0.25) is 0 Å². The molecule has 0 amide bonds. The number of halogens is 2. The second-order valence-corrected chi connectivity index (χ2v) is 5.64. The van der Waals surface area contributed by atoms with E-state index in [1.54, 1.807) is 0 Å². The second-order valence-electron chi connectivity index (χ2n) is 5.64. The van der Waals surface area contributed by atoms with E-state index in [1.807, 2.05) is 27.7 Å². The molecular formula is C12H17BF2N2O2. The zero-order valence-electron chi connectivity index (χ0n) is 11.4. The Morgan fingerprint density at radius 1 is 1.16 bits per heavy atom. The fourth-order valence-electron chi connectivity index (χ4n) is 1.81. The summed E-state index contributed by atoms with van der Waals surface area (Å²) in [4.78, 5) is 4.02. The number of nitrogen functional groups attached to an aromatic ring is 1. The van der Waals surface area contributed by atoms with E-state index in [1.165, 1.54) is 6.07 Å². The molecular weight excluding hydrogens is 253 g/mol. The van der Waals surface area contributed by atoms with Crippen LogP contribution < -0.4 is 11.3 Å². The molecule has 104 valence electrons. The van der Waals surface area contributed by atoms with Crippen molar-refractivity contribution in [1.82, 2.24) is 4.98 Å². The molecule has 0 atom stereocenters. The van der Waals surface area contributed by atoms with Crippen molar-refractivity contribution in [1.29, 1.82) is 0 Å². The fraction of sp³-hybridized carbons (Fsp3) is 0.583. The molecule has 2 rings (SSSR count). The van der Waals surface area contributed by atoms with E-state index in [2.05, 4.69) is 4.98 Å². The first-order chi connectivity index (χ1) is 8.62. The third-order valence-corrected chi connectivity index (χ3v) is 3.63. The lowest BCUT2D eigenvalue weighted by Crippen LogP contribution is -2.41. The van der Waals surface area contributed by atoms with Gasteiger partial charge >= 0.3 is 7.12 Å². The zero-order chi connectivity index (χ0) is 14.4. The highest BCUT2D eigenvalue weighted by atomic mass is 19.3. The largest absolute Gasteiger partial charge is 0.514 e. The third kappa shape index (κ3) is 2.57. The minimum absolute atomic E-state index is 0.0301. The van der Waals surface area contributed by atoms with Gasteiger partial charge in [0.1, 0.15) is 5.82 Å². The first-order valence-electron chi connectivity index (χ1n) is 6.03. The van der Waals surface area contributed by atoms with E-state index in [9.17, 15) is 8.78 Å². The quantitative estimate of drug-likeness (QED) is 0.834. The molecule has 1 aromatic rings. The Morgan fingerprint density at radius 2 is 1.68 bits per heavy atom. The Bertz CT molecular complexity index is 479. The summed E-state index contributed by atoms with van der Waals surface area (Å²) in [7, 11) is -0.786. The summed E-state index contributed by atoms with van der Waals surface area (Å²) in [5, 5.41) is 0. The van der Waals surface area contributed by atoms with Crippen molar-refractivity contribution in [2.75, 3.05) is 5.73 Å². The maximum absolute atomic E-state index is 12.8. The SMILES string of the molecule is CC1(C)OB(c2cc(C(F)F)cc(N)n2)OC1(C)C. The topological polar surface area (TPSA) is 57.4 Å². The van der Waals surface area contributed by atoms with Crippen LogP contribution in [0.15, 0.2) is 12.1 Å². The van der Waals surface area contributed by atoms with Gasteiger partial charge in [-0.3, -0.25) is 0 Å². The molecule has 4 nitrogen and oxygen atoms in total. The summed E-state index contributed by atoms with van der Waals surface area (Å²) >= 11 is 0. The highest BCUT2D eigenvalue weighted by molar-refractivity contribution is 6.61. The smallest absolute Gasteiger partial charge is 0.398 e. The van der Waals surface area contributed by atoms with Crippen LogP contribution in [0.4, 0.5) is 14.6 Å². The van der Waals surface area contributed by atoms with Gasteiger partial charge < -0.3 is 15.0 Å². The Morgan fingerprint density at radius 3 is 2.16 bits per heavy atom. The number of pyridine rings is 1. The van der Waals surface area contributed by atoms with Crippen LogP contribution in [0, 0.1) is 0 Å². The van der Waals surface area contributed by atoms with Crippen LogP contribution in [0.25, 0.3) is 0 Å². The van der Waals surface area contributed by atoms with Gasteiger partial charge in [-0.05, 0) is 39.8 Å². The van der Waals surface area contributed by atoms with Crippen LogP contribution in [0.1, 0.15) is 39.7 Å². The van der Waals surface area contributed by atoms with Gasteiger partial charge in [0.05, 0.1) is 16.8 Å². The average molecular weight is 270 g/mol. The van der Waals surface area contributed by atoms with Gasteiger partial charge in [-0.2, -0.15) is 0 Å². The van der Waals surface area contributed by atoms with Crippen LogP contribution in [-0.4, -0.2) is 23.3 Å². The van der Waals surface area contributed by atoms with E-state index in [0.29, 0.717) is 0 Å². The predicted octanol–water partition coefficient (Wildman–Crippen LogP) is 1.90. The first-order valence-corrected chi connectivity index (χ1v) is 6.03. The molecule has 1 fully saturated rings. The van der Waals surface area contributed by atoms with E-state index in [4.69, 9.17) is 15.0 Å². The number of hydrogen-bond donors (Lipinski definition) is 1. The lowest BCUT2D eigenvalue weighted by molar-refractivity contribution is 0.00578. The average Bonchev–Trinajstić information content (AvgIpc) is 2.47. The number of alkyl halides is 2. The highest BCUT2D eigenvalue weighted by Gasteiger charge is 2.52. The molecule has 1 saturated heterocycles. The zero-order valence-corrected chi connectivity index (χ0v) is 11.4. The fourth-order valence-corrected chi connectivity index (χ4v) is 1.81. The van der Waals surface area contributed by atoms with Crippen molar-refractivity contribution in [3.8, 4) is 0 Å². The Hall–Kier alpha value is -1.21. The lowest BCUT2D eigenvalue weighted by atomic mass is 9.83. The third-order valence-electron chi connectivity index (χ3n) is 3.63. The van der Waals surface area contributed by atoms with Crippen molar-refractivity contribution in [3.63, 3.8) is 0 Å². The molecule has 2 N–H and O–H groups in total. The van der Waals surface area contributed by atoms with Crippen molar-refractivity contribution in [2.24, 2.45) is 0 Å². The van der Waals surface area contributed by atoms with E-state index in [-0.39, 0.29) is 17.0 Å². The molecule has 19 heavy (non-hydrogen) atoms. The van der Waals surface area contributed by atoms with Gasteiger partial charge in [-0.15, -0.1) is 0 Å². The molecule has 0 spiro atoms. The number of rotatable bonds is 2. The van der Waals surface area contributed by atoms with Crippen molar-refractivity contribution >= 4 is 18.5 Å². The van der Waals surface area contributed by atoms with Crippen molar-refractivity contribution in [2.45, 2.75) is 45.3 Å². The summed E-state index contributed by atoms with van der Waals surface area (Å²) in [6.45, 7) is 7.53. The van der Waals surface area contributed by atoms with E-state index < -0.39 is 24.7 Å². The van der Waals surface area contributed by atoms with Gasteiger partial charge in [0, 0.05) is 5.56 Å². The summed E-state index contributed by atoms with van der Waals surface area (Å²) in [5.41, 5.74) is 4.54. The van der Waals surface area contributed by atoms with Gasteiger partial charge in [-0.25, -0.2) is 13.8 Å². The second kappa shape index (κ2) is 4.42. The lowest BCUT2D eigenvalue weighted by Gasteiger charge is -2.32. The summed E-state index contributed by atoms with van der Waals surface area (Å²) in [6.07, 6.45) is -2.61. The van der Waals surface area contributed by atoms with E-state index in [0.717, 1.165) is 6.07 Å². The van der Waals surface area contributed by atoms with Gasteiger partial charge in [0.2, 0.25) is 0 Å². The number of anilines is 1. The molecule has 0 aromatic carbocycles. The Labute approximate surface area is 111 Å². The van der Waals surface area contributed by atoms with Crippen LogP contribution >= 0.6 is 0 Å². The predicted molar refractivity (Wildman–Crippen MR) is 69.3 cm³/mol. The Balaban J connectivity index is 2.34. The number of nitrogens with zero attached hydrogens (tertiary/aromatic N) is 1. The van der Waals surface area contributed by atoms with Gasteiger partial charge in [-0.1, -0.05) is 0 Å². The molecule has 0 aliphatic carbocycles. The van der Waals surface area contributed by atoms with Crippen molar-refractivity contribution in [3.05, 3.63) is 17.7 Å². The maximum atomic E-state index is 12.8. The van der Waals surface area contributed by atoms with Gasteiger partial charge in [0.25, 0.3) is 6.43 Å². The maximum Gasteiger partial charge on any atom is 0.514 e. The number of nitrogens with two attached hydrogens (primary N) is 1. The summed E-state index contributed by atoms with van der Waals surface area (Å²) < 4.78 is 37.0. The molecule has 0 saturated carbocycles. The molecule has 1 aliphatic heterocycles. The minimum Gasteiger partial charge on any atom is -0.398 e. The van der Waals surface area contributed by atoms with Gasteiger partial charge in [0.15, 0.2) is 0 Å². The highest BCUT2D eigenvalue weighted by Crippen LogP contribution is 2.36. The molecule has 0 radical (unpaired) electrons. The van der Waals surface area contributed by atoms with Crippen LogP contribution in [-0.2, 0) is 9.31 Å². The normalized spacial score (nSPS) is 21.1. The summed E-state index contributed by atoms with van der Waals surface area (Å²) in [5.74, 6) is 0.0301. The van der Waals surface area contributed by atoms with Crippen LogP contribution in [0.5, 0.6) is 0 Å². The van der Waals surface area contributed by atoms with Crippen LogP contribution in [0.3, 0.4) is 0 Å². The molecule has 1 aliphatic rings. The molecule has 1 aromatic heterocycles. The number of aromatic nitrogens is 1. The number of hydrogen-bond acceptors (Lipinski definition) is 4. The summed E-state index contributed by atoms with van der Waals surface area (Å²) in [6, 6.07) is 2.42. The standard InChI is InChI=1S/C12H17BF2N2O2/c1-11(2)12(3,4)19-13(18-11)8-5-7(10(14)15)6-9(16)17-8/h5-6,10H,1-4H3,(H2,16,17). The Kier molecular flexibility index (Phi) is 3.30. The molecule has 2 heterocycles. The molecule has 0 unspecified atom stereocenters. The minimum atomic E-state index is -2.61. The molecule has 0 bridgehead atoms.